The highest BCUT2D eigenvalue weighted by atomic mass is 16.5. The Bertz CT molecular complexity index is 360. The molecule has 0 amide bonds. The summed E-state index contributed by atoms with van der Waals surface area (Å²) in [6.45, 7) is 3.60. The van der Waals surface area contributed by atoms with Crippen LogP contribution < -0.4 is 0 Å². The van der Waals surface area contributed by atoms with Gasteiger partial charge in [0.2, 0.25) is 0 Å². The molecule has 1 rings (SSSR count). The van der Waals surface area contributed by atoms with Crippen molar-refractivity contribution in [3.05, 3.63) is 29.8 Å². The summed E-state index contributed by atoms with van der Waals surface area (Å²) >= 11 is 0. The Labute approximate surface area is 89.7 Å². The van der Waals surface area contributed by atoms with E-state index in [1.807, 2.05) is 6.92 Å². The number of hydrogen-bond acceptors (Lipinski definition) is 2. The lowest BCUT2D eigenvalue weighted by Gasteiger charge is -2.25. The lowest BCUT2D eigenvalue weighted by Crippen LogP contribution is -2.33. The van der Waals surface area contributed by atoms with Gasteiger partial charge >= 0.3 is 5.97 Å². The third-order valence-corrected chi connectivity index (χ3v) is 2.82. The lowest BCUT2D eigenvalue weighted by molar-refractivity contribution is -0.147. The topological polar surface area (TPSA) is 46.2 Å². The van der Waals surface area contributed by atoms with E-state index in [0.717, 1.165) is 0 Å². The first-order valence-corrected chi connectivity index (χ1v) is 4.91. The molecule has 0 aliphatic heterocycles. The van der Waals surface area contributed by atoms with E-state index >= 15 is 0 Å². The number of rotatable bonds is 3. The van der Waals surface area contributed by atoms with Gasteiger partial charge in [0.25, 0.3) is 0 Å². The van der Waals surface area contributed by atoms with Gasteiger partial charge in [0, 0.05) is 5.56 Å². The second-order valence-corrected chi connectivity index (χ2v) is 3.67. The van der Waals surface area contributed by atoms with Crippen molar-refractivity contribution in [2.45, 2.75) is 25.7 Å². The third kappa shape index (κ3) is 1.96. The molecule has 0 aromatic heterocycles. The number of benzene rings is 1. The summed E-state index contributed by atoms with van der Waals surface area (Å²) in [5.41, 5.74) is -0.341. The van der Waals surface area contributed by atoms with E-state index in [9.17, 15) is 9.90 Å². The number of methoxy groups -OCH3 is 1. The van der Waals surface area contributed by atoms with Crippen LogP contribution in [-0.4, -0.2) is 13.1 Å². The van der Waals surface area contributed by atoms with Gasteiger partial charge in [0.05, 0.1) is 12.5 Å². The Morgan fingerprint density at radius 1 is 1.40 bits per heavy atom. The van der Waals surface area contributed by atoms with Crippen molar-refractivity contribution < 1.29 is 14.6 Å². The number of carbonyl (C=O) groups excluding carboxylic acids is 1. The Hall–Kier alpha value is -1.51. The quantitative estimate of drug-likeness (QED) is 0.715. The van der Waals surface area contributed by atoms with Crippen molar-refractivity contribution in [2.75, 3.05) is 7.11 Å². The third-order valence-electron chi connectivity index (χ3n) is 2.82. The highest BCUT2D eigenvalue weighted by Gasteiger charge is 2.36. The molecule has 3 nitrogen and oxygen atoms in total. The molecule has 15 heavy (non-hydrogen) atoms. The minimum Gasteiger partial charge on any atom is -0.468 e. The predicted octanol–water partition coefficient (Wildman–Crippen LogP) is 2.67. The summed E-state index contributed by atoms with van der Waals surface area (Å²) in [4.78, 5) is 11.7. The first-order valence-electron chi connectivity index (χ1n) is 4.91. The van der Waals surface area contributed by atoms with Crippen molar-refractivity contribution in [3.8, 4) is 5.75 Å². The fourth-order valence-corrected chi connectivity index (χ4v) is 1.59. The lowest BCUT2D eigenvalue weighted by atomic mass is 9.79. The van der Waals surface area contributed by atoms with Gasteiger partial charge in [0.15, 0.2) is 5.75 Å². The Morgan fingerprint density at radius 3 is 2.47 bits per heavy atom. The van der Waals surface area contributed by atoms with E-state index in [4.69, 9.17) is 4.74 Å². The molecule has 3 heteroatoms. The molecule has 1 atom stereocenters. The van der Waals surface area contributed by atoms with Gasteiger partial charge in [-0.15, -0.1) is 0 Å². The number of ether oxygens (including phenoxy) is 1. The monoisotopic (exact) mass is 207 g/mol. The first-order chi connectivity index (χ1) is 7.06. The highest BCUT2D eigenvalue weighted by Crippen LogP contribution is 2.34. The molecule has 0 spiro atoms. The fourth-order valence-electron chi connectivity index (χ4n) is 1.59. The van der Waals surface area contributed by atoms with Crippen LogP contribution in [0.4, 0.5) is 0 Å². The van der Waals surface area contributed by atoms with Crippen molar-refractivity contribution in [1.82, 2.24) is 0 Å². The number of hydrogen-bond donors (Lipinski definition) is 0. The van der Waals surface area contributed by atoms with E-state index in [1.165, 1.54) is 13.2 Å². The molecular formula is C12H15O3. The zero-order chi connectivity index (χ0) is 11.5. The van der Waals surface area contributed by atoms with Crippen LogP contribution in [0, 0.1) is 0 Å². The van der Waals surface area contributed by atoms with Crippen LogP contribution in [0.25, 0.3) is 0 Å². The molecule has 1 aromatic rings. The molecule has 81 valence electrons. The minimum absolute atomic E-state index is 0.118. The molecule has 0 bridgehead atoms. The average Bonchev–Trinajstić information content (AvgIpc) is 2.27. The average molecular weight is 207 g/mol. The van der Waals surface area contributed by atoms with Gasteiger partial charge in [0.1, 0.15) is 0 Å². The maximum absolute atomic E-state index is 11.7. The Morgan fingerprint density at radius 2 is 2.00 bits per heavy atom. The van der Waals surface area contributed by atoms with Crippen molar-refractivity contribution in [1.29, 1.82) is 0 Å². The van der Waals surface area contributed by atoms with E-state index in [1.54, 1.807) is 25.1 Å². The van der Waals surface area contributed by atoms with Crippen LogP contribution in [-0.2, 0) is 20.1 Å². The van der Waals surface area contributed by atoms with Crippen LogP contribution >= 0.6 is 0 Å². The molecule has 0 heterocycles. The van der Waals surface area contributed by atoms with Gasteiger partial charge in [-0.05, 0) is 19.4 Å². The SMILES string of the molecule is CCC(C)(C(=O)OC)c1ccccc1[O]. The van der Waals surface area contributed by atoms with Gasteiger partial charge in [-0.1, -0.05) is 25.1 Å². The zero-order valence-corrected chi connectivity index (χ0v) is 9.24. The molecule has 1 radical (unpaired) electrons. The summed E-state index contributed by atoms with van der Waals surface area (Å²) in [5.74, 6) is -0.486. The van der Waals surface area contributed by atoms with Gasteiger partial charge in [-0.25, -0.2) is 0 Å². The number of carbonyl (C=O) groups is 1. The standard InChI is InChI=1S/C12H15O3/c1-4-12(2,11(14)15-3)9-7-5-6-8-10(9)13/h5-8H,4H2,1-3H3. The molecule has 0 aliphatic carbocycles. The second-order valence-electron chi connectivity index (χ2n) is 3.67. The minimum atomic E-state index is -0.840. The molecule has 0 aliphatic rings. The summed E-state index contributed by atoms with van der Waals surface area (Å²) in [6.07, 6.45) is 0.541. The van der Waals surface area contributed by atoms with Crippen LogP contribution in [0.1, 0.15) is 25.8 Å². The van der Waals surface area contributed by atoms with Crippen LogP contribution in [0.2, 0.25) is 0 Å². The van der Waals surface area contributed by atoms with E-state index in [0.29, 0.717) is 12.0 Å². The molecule has 1 aromatic carbocycles. The highest BCUT2D eigenvalue weighted by molar-refractivity contribution is 5.83. The first kappa shape index (κ1) is 11.6. The predicted molar refractivity (Wildman–Crippen MR) is 56.2 cm³/mol. The molecular weight excluding hydrogens is 192 g/mol. The maximum atomic E-state index is 11.7. The van der Waals surface area contributed by atoms with E-state index in [2.05, 4.69) is 0 Å². The number of esters is 1. The van der Waals surface area contributed by atoms with E-state index in [-0.39, 0.29) is 11.7 Å². The van der Waals surface area contributed by atoms with Crippen LogP contribution in [0.15, 0.2) is 24.3 Å². The molecule has 0 saturated heterocycles. The summed E-state index contributed by atoms with van der Waals surface area (Å²) in [5, 5.41) is 11.6. The molecule has 0 fully saturated rings. The van der Waals surface area contributed by atoms with Gasteiger partial charge in [-0.3, -0.25) is 9.90 Å². The molecule has 0 N–H and O–H groups in total. The van der Waals surface area contributed by atoms with Gasteiger partial charge < -0.3 is 4.74 Å². The van der Waals surface area contributed by atoms with Crippen molar-refractivity contribution in [3.63, 3.8) is 0 Å². The Kier molecular flexibility index (Phi) is 3.35. The second kappa shape index (κ2) is 4.34. The van der Waals surface area contributed by atoms with Gasteiger partial charge in [-0.2, -0.15) is 0 Å². The normalized spacial score (nSPS) is 14.3. The van der Waals surface area contributed by atoms with E-state index < -0.39 is 5.41 Å². The largest absolute Gasteiger partial charge is 0.468 e. The van der Waals surface area contributed by atoms with Crippen LogP contribution in [0.5, 0.6) is 5.75 Å². The maximum Gasteiger partial charge on any atom is 0.316 e. The Balaban J connectivity index is 3.23. The molecule has 1 unspecified atom stereocenters. The van der Waals surface area contributed by atoms with Crippen LogP contribution in [0.3, 0.4) is 0 Å². The smallest absolute Gasteiger partial charge is 0.316 e. The summed E-state index contributed by atoms with van der Waals surface area (Å²) < 4.78 is 4.74. The zero-order valence-electron chi connectivity index (χ0n) is 9.24. The summed E-state index contributed by atoms with van der Waals surface area (Å²) in [7, 11) is 1.34. The molecule has 0 saturated carbocycles. The number of para-hydroxylation sites is 1. The van der Waals surface area contributed by atoms with Crippen molar-refractivity contribution >= 4 is 5.97 Å². The summed E-state index contributed by atoms with van der Waals surface area (Å²) in [6, 6.07) is 6.57. The fraction of sp³-hybridized carbons (Fsp3) is 0.417. The van der Waals surface area contributed by atoms with Crippen molar-refractivity contribution in [2.24, 2.45) is 0 Å².